The Hall–Kier alpha value is -3.76. The quantitative estimate of drug-likeness (QED) is 0.148. The van der Waals surface area contributed by atoms with Gasteiger partial charge in [-0.2, -0.15) is 0 Å². The third-order valence-electron chi connectivity index (χ3n) is 7.49. The average Bonchev–Trinajstić information content (AvgIpc) is 3.05. The molecule has 2 amide bonds. The number of carbonyl (C=O) groups is 2. The summed E-state index contributed by atoms with van der Waals surface area (Å²) in [5, 5.41) is 3.78. The minimum atomic E-state index is -4.30. The van der Waals surface area contributed by atoms with Gasteiger partial charge >= 0.3 is 0 Å². The third kappa shape index (κ3) is 9.20. The van der Waals surface area contributed by atoms with E-state index in [1.807, 2.05) is 44.2 Å². The Morgan fingerprint density at radius 1 is 0.894 bits per heavy atom. The number of aryl methyl sites for hydroxylation is 1. The molecule has 0 fully saturated rings. The lowest BCUT2D eigenvalue weighted by atomic mass is 10.0. The zero-order chi connectivity index (χ0) is 34.1. The number of halogens is 3. The third-order valence-corrected chi connectivity index (χ3v) is 10.2. The molecule has 0 aliphatic rings. The van der Waals surface area contributed by atoms with Crippen molar-refractivity contribution in [2.45, 2.75) is 44.2 Å². The van der Waals surface area contributed by atoms with Crippen molar-refractivity contribution in [3.8, 4) is 5.75 Å². The number of sulfonamides is 1. The molecule has 0 spiro atoms. The van der Waals surface area contributed by atoms with E-state index in [0.717, 1.165) is 15.4 Å². The average molecular weight is 717 g/mol. The lowest BCUT2D eigenvalue weighted by Gasteiger charge is -2.34. The van der Waals surface area contributed by atoms with E-state index >= 15 is 0 Å². The van der Waals surface area contributed by atoms with Gasteiger partial charge in [0.2, 0.25) is 11.8 Å². The van der Waals surface area contributed by atoms with E-state index in [1.165, 1.54) is 42.3 Å². The highest BCUT2D eigenvalue weighted by Crippen LogP contribution is 2.33. The first kappa shape index (κ1) is 36.1. The number of nitrogens with zero attached hydrogens (tertiary/aromatic N) is 2. The number of rotatable bonds is 14. The fourth-order valence-corrected chi connectivity index (χ4v) is 7.06. The van der Waals surface area contributed by atoms with Gasteiger partial charge in [-0.05, 0) is 66.9 Å². The van der Waals surface area contributed by atoms with Gasteiger partial charge in [-0.1, -0.05) is 95.8 Å². The Bertz CT molecular complexity index is 1810. The molecule has 248 valence electrons. The first-order valence-corrected chi connectivity index (χ1v) is 17.5. The SMILES string of the molecule is CCCNC(=O)[C@@H](Cc1ccccc1)N(Cc1ccc(Cl)cc1Cl)C(=O)CN(c1ccc(OC)c(Cl)c1)S(=O)(=O)c1ccc(C)cc1. The van der Waals surface area contributed by atoms with Crippen molar-refractivity contribution in [2.24, 2.45) is 0 Å². The van der Waals surface area contributed by atoms with Crippen molar-refractivity contribution in [1.29, 1.82) is 0 Å². The molecule has 0 unspecified atom stereocenters. The van der Waals surface area contributed by atoms with Gasteiger partial charge in [-0.3, -0.25) is 13.9 Å². The molecule has 1 atom stereocenters. The molecular weight excluding hydrogens is 681 g/mol. The molecule has 0 saturated heterocycles. The molecule has 0 aromatic heterocycles. The fourth-order valence-electron chi connectivity index (χ4n) is 4.93. The maximum Gasteiger partial charge on any atom is 0.264 e. The van der Waals surface area contributed by atoms with Gasteiger partial charge in [-0.15, -0.1) is 0 Å². The smallest absolute Gasteiger partial charge is 0.264 e. The van der Waals surface area contributed by atoms with Crippen molar-refractivity contribution in [3.63, 3.8) is 0 Å². The maximum atomic E-state index is 14.6. The Labute approximate surface area is 291 Å². The fraction of sp³-hybridized carbons (Fsp3) is 0.257. The van der Waals surface area contributed by atoms with Crippen LogP contribution in [0, 0.1) is 6.92 Å². The highest BCUT2D eigenvalue weighted by atomic mass is 35.5. The number of methoxy groups -OCH3 is 1. The second-order valence-electron chi connectivity index (χ2n) is 10.9. The molecule has 47 heavy (non-hydrogen) atoms. The Kier molecular flexibility index (Phi) is 12.6. The van der Waals surface area contributed by atoms with Crippen LogP contribution in [-0.2, 0) is 32.6 Å². The largest absolute Gasteiger partial charge is 0.495 e. The van der Waals surface area contributed by atoms with Crippen LogP contribution in [0.15, 0.2) is 95.9 Å². The van der Waals surface area contributed by atoms with Gasteiger partial charge < -0.3 is 15.0 Å². The molecule has 0 heterocycles. The Morgan fingerprint density at radius 2 is 1.60 bits per heavy atom. The number of hydrogen-bond acceptors (Lipinski definition) is 5. The molecule has 0 bridgehead atoms. The van der Waals surface area contributed by atoms with Gasteiger partial charge in [0.05, 0.1) is 22.7 Å². The monoisotopic (exact) mass is 715 g/mol. The lowest BCUT2D eigenvalue weighted by Crippen LogP contribution is -2.53. The highest BCUT2D eigenvalue weighted by Gasteiger charge is 2.35. The molecule has 1 N–H and O–H groups in total. The van der Waals surface area contributed by atoms with Crippen LogP contribution in [0.3, 0.4) is 0 Å². The lowest BCUT2D eigenvalue weighted by molar-refractivity contribution is -0.140. The summed E-state index contributed by atoms with van der Waals surface area (Å²) in [5.74, 6) is -0.676. The van der Waals surface area contributed by atoms with Crippen LogP contribution in [0.4, 0.5) is 5.69 Å². The number of nitrogens with one attached hydrogen (secondary N) is 1. The molecule has 8 nitrogen and oxygen atoms in total. The van der Waals surface area contributed by atoms with Gasteiger partial charge in [0.1, 0.15) is 18.3 Å². The van der Waals surface area contributed by atoms with Crippen molar-refractivity contribution in [3.05, 3.63) is 123 Å². The number of ether oxygens (including phenoxy) is 1. The summed E-state index contributed by atoms with van der Waals surface area (Å²) in [4.78, 5) is 29.7. The van der Waals surface area contributed by atoms with Crippen molar-refractivity contribution >= 4 is 62.3 Å². The van der Waals surface area contributed by atoms with Gasteiger partial charge in [0, 0.05) is 29.6 Å². The van der Waals surface area contributed by atoms with Crippen LogP contribution in [-0.4, -0.2) is 51.4 Å². The summed E-state index contributed by atoms with van der Waals surface area (Å²) in [7, 11) is -2.85. The number of anilines is 1. The summed E-state index contributed by atoms with van der Waals surface area (Å²) in [5.41, 5.74) is 2.36. The predicted molar refractivity (Wildman–Crippen MR) is 188 cm³/mol. The number of amides is 2. The van der Waals surface area contributed by atoms with Crippen molar-refractivity contribution in [2.75, 3.05) is 24.5 Å². The highest BCUT2D eigenvalue weighted by molar-refractivity contribution is 7.92. The van der Waals surface area contributed by atoms with Crippen LogP contribution >= 0.6 is 34.8 Å². The zero-order valence-electron chi connectivity index (χ0n) is 26.3. The van der Waals surface area contributed by atoms with Crippen molar-refractivity contribution in [1.82, 2.24) is 10.2 Å². The first-order valence-electron chi connectivity index (χ1n) is 14.9. The number of hydrogen-bond donors (Lipinski definition) is 1. The Morgan fingerprint density at radius 3 is 2.21 bits per heavy atom. The minimum absolute atomic E-state index is 0.0170. The van der Waals surface area contributed by atoms with Crippen LogP contribution in [0.25, 0.3) is 0 Å². The maximum absolute atomic E-state index is 14.6. The van der Waals surface area contributed by atoms with E-state index in [4.69, 9.17) is 39.5 Å². The van der Waals surface area contributed by atoms with Crippen LogP contribution in [0.1, 0.15) is 30.0 Å². The minimum Gasteiger partial charge on any atom is -0.495 e. The van der Waals surface area contributed by atoms with Crippen LogP contribution in [0.5, 0.6) is 5.75 Å². The summed E-state index contributed by atoms with van der Waals surface area (Å²) in [6.45, 7) is 3.43. The topological polar surface area (TPSA) is 96.0 Å². The normalized spacial score (nSPS) is 11.9. The second kappa shape index (κ2) is 16.4. The van der Waals surface area contributed by atoms with Crippen LogP contribution in [0.2, 0.25) is 15.1 Å². The molecule has 4 rings (SSSR count). The zero-order valence-corrected chi connectivity index (χ0v) is 29.3. The van der Waals surface area contributed by atoms with E-state index in [9.17, 15) is 18.0 Å². The van der Waals surface area contributed by atoms with E-state index in [0.29, 0.717) is 34.3 Å². The van der Waals surface area contributed by atoms with E-state index in [1.54, 1.807) is 30.3 Å². The Balaban J connectivity index is 1.84. The summed E-state index contributed by atoms with van der Waals surface area (Å²) < 4.78 is 34.7. The molecule has 0 aliphatic carbocycles. The molecule has 4 aromatic carbocycles. The number of benzene rings is 4. The second-order valence-corrected chi connectivity index (χ2v) is 14.0. The van der Waals surface area contributed by atoms with Gasteiger partial charge in [-0.25, -0.2) is 8.42 Å². The standard InChI is InChI=1S/C35H36Cl3N3O5S/c1-4-18-39-35(43)32(19-25-8-6-5-7-9-25)40(22-26-12-13-27(36)20-30(26)37)34(42)23-41(28-14-17-33(46-3)31(38)21-28)47(44,45)29-15-10-24(2)11-16-29/h5-17,20-21,32H,4,18-19,22-23H2,1-3H3,(H,39,43)/t32-/m1/s1. The van der Waals surface area contributed by atoms with Crippen LogP contribution < -0.4 is 14.4 Å². The van der Waals surface area contributed by atoms with E-state index in [-0.39, 0.29) is 34.5 Å². The summed E-state index contributed by atoms with van der Waals surface area (Å²) >= 11 is 19.2. The molecule has 0 radical (unpaired) electrons. The molecule has 12 heteroatoms. The van der Waals surface area contributed by atoms with Gasteiger partial charge in [0.15, 0.2) is 0 Å². The molecular formula is C35H36Cl3N3O5S. The first-order chi connectivity index (χ1) is 22.4. The summed E-state index contributed by atoms with van der Waals surface area (Å²) in [6, 6.07) is 23.9. The molecule has 4 aromatic rings. The molecule has 0 aliphatic heterocycles. The van der Waals surface area contributed by atoms with Gasteiger partial charge in [0.25, 0.3) is 10.0 Å². The summed E-state index contributed by atoms with van der Waals surface area (Å²) in [6.07, 6.45) is 0.855. The van der Waals surface area contributed by atoms with Crippen molar-refractivity contribution < 1.29 is 22.7 Å². The van der Waals surface area contributed by atoms with E-state index in [2.05, 4.69) is 5.32 Å². The predicted octanol–water partition coefficient (Wildman–Crippen LogP) is 7.33. The molecule has 0 saturated carbocycles. The van der Waals surface area contributed by atoms with E-state index < -0.39 is 28.5 Å². The number of carbonyl (C=O) groups excluding carboxylic acids is 2.